The van der Waals surface area contributed by atoms with Crippen LogP contribution in [0.5, 0.6) is 11.5 Å². The van der Waals surface area contributed by atoms with Crippen molar-refractivity contribution in [2.45, 2.75) is 13.5 Å². The number of urea groups is 1. The summed E-state index contributed by atoms with van der Waals surface area (Å²) in [6.45, 7) is 3.45. The molecule has 1 heterocycles. The van der Waals surface area contributed by atoms with Crippen LogP contribution < -0.4 is 20.1 Å². The summed E-state index contributed by atoms with van der Waals surface area (Å²) in [4.78, 5) is 12.8. The minimum Gasteiger partial charge on any atom is -0.497 e. The maximum atomic E-state index is 11.7. The number of carbonyl (C=O) groups excluding carboxylic acids is 1. The van der Waals surface area contributed by atoms with E-state index in [1.165, 1.54) is 10.4 Å². The Kier molecular flexibility index (Phi) is 6.09. The summed E-state index contributed by atoms with van der Waals surface area (Å²) in [5.41, 5.74) is 1.20. The van der Waals surface area contributed by atoms with Gasteiger partial charge >= 0.3 is 6.03 Å². The lowest BCUT2D eigenvalue weighted by Gasteiger charge is -2.09. The molecule has 0 aliphatic heterocycles. The van der Waals surface area contributed by atoms with Crippen LogP contribution in [0.25, 0.3) is 0 Å². The number of hydrogen-bond acceptors (Lipinski definition) is 4. The molecule has 2 amide bonds. The highest BCUT2D eigenvalue weighted by atomic mass is 32.1. The fourth-order valence-corrected chi connectivity index (χ4v) is 2.66. The second kappa shape index (κ2) is 8.29. The third kappa shape index (κ3) is 4.96. The molecule has 0 aliphatic rings. The van der Waals surface area contributed by atoms with Crippen molar-refractivity contribution < 1.29 is 14.3 Å². The minimum absolute atomic E-state index is 0.189. The number of hydrogen-bond donors (Lipinski definition) is 2. The molecule has 0 bridgehead atoms. The Morgan fingerprint density at radius 1 is 1.14 bits per heavy atom. The van der Waals surface area contributed by atoms with Crippen molar-refractivity contribution in [2.24, 2.45) is 0 Å². The molecule has 2 N–H and O–H groups in total. The number of methoxy groups -OCH3 is 1. The van der Waals surface area contributed by atoms with Crippen molar-refractivity contribution >= 4 is 17.4 Å². The third-order valence-electron chi connectivity index (χ3n) is 3.09. The van der Waals surface area contributed by atoms with E-state index < -0.39 is 0 Å². The first-order chi connectivity index (χ1) is 10.7. The summed E-state index contributed by atoms with van der Waals surface area (Å²) < 4.78 is 10.6. The molecule has 1 aromatic heterocycles. The van der Waals surface area contributed by atoms with Gasteiger partial charge in [-0.1, -0.05) is 0 Å². The van der Waals surface area contributed by atoms with Gasteiger partial charge in [0.25, 0.3) is 0 Å². The summed E-state index contributed by atoms with van der Waals surface area (Å²) in [5.74, 6) is 1.53. The van der Waals surface area contributed by atoms with Crippen LogP contribution in [0.15, 0.2) is 35.7 Å². The Morgan fingerprint density at radius 2 is 1.86 bits per heavy atom. The quantitative estimate of drug-likeness (QED) is 0.771. The van der Waals surface area contributed by atoms with Crippen molar-refractivity contribution in [3.05, 3.63) is 46.2 Å². The van der Waals surface area contributed by atoms with Crippen molar-refractivity contribution in [1.29, 1.82) is 0 Å². The molecule has 0 unspecified atom stereocenters. The molecule has 5 nitrogen and oxygen atoms in total. The van der Waals surface area contributed by atoms with Crippen LogP contribution in [0.3, 0.4) is 0 Å². The second-order valence-corrected chi connectivity index (χ2v) is 5.66. The van der Waals surface area contributed by atoms with Gasteiger partial charge in [-0.05, 0) is 48.2 Å². The summed E-state index contributed by atoms with van der Waals surface area (Å²) in [6, 6.07) is 9.18. The largest absolute Gasteiger partial charge is 0.497 e. The first-order valence-electron chi connectivity index (χ1n) is 7.00. The molecular weight excluding hydrogens is 300 g/mol. The molecule has 1 aromatic carbocycles. The summed E-state index contributed by atoms with van der Waals surface area (Å²) in [5, 5.41) is 7.61. The molecule has 22 heavy (non-hydrogen) atoms. The molecule has 2 aromatic rings. The van der Waals surface area contributed by atoms with Crippen molar-refractivity contribution in [3.8, 4) is 11.5 Å². The van der Waals surface area contributed by atoms with E-state index in [1.807, 2.05) is 42.6 Å². The summed E-state index contributed by atoms with van der Waals surface area (Å²) in [7, 11) is 1.62. The Morgan fingerprint density at radius 3 is 2.50 bits per heavy atom. The van der Waals surface area contributed by atoms with Crippen LogP contribution in [0.4, 0.5) is 4.79 Å². The Hall–Kier alpha value is -2.21. The van der Waals surface area contributed by atoms with Gasteiger partial charge in [0.05, 0.1) is 20.2 Å². The molecule has 2 rings (SSSR count). The maximum absolute atomic E-state index is 11.7. The zero-order valence-electron chi connectivity index (χ0n) is 12.7. The Bertz CT molecular complexity index is 596. The number of ether oxygens (including phenoxy) is 2. The molecule has 0 radical (unpaired) electrons. The number of nitrogens with one attached hydrogen (secondary N) is 2. The van der Waals surface area contributed by atoms with Gasteiger partial charge in [0.2, 0.25) is 0 Å². The van der Waals surface area contributed by atoms with E-state index in [2.05, 4.69) is 10.6 Å². The van der Waals surface area contributed by atoms with Gasteiger partial charge in [0.15, 0.2) is 0 Å². The standard InChI is InChI=1S/C16H20N2O3S/c1-12-7-10-22-15(12)11-18-16(19)17-8-9-21-14-5-3-13(20-2)4-6-14/h3-7,10H,8-9,11H2,1-2H3,(H2,17,18,19). The van der Waals surface area contributed by atoms with Crippen LogP contribution in [0.2, 0.25) is 0 Å². The average molecular weight is 320 g/mol. The van der Waals surface area contributed by atoms with Crippen LogP contribution in [0, 0.1) is 6.92 Å². The molecule has 0 spiro atoms. The van der Waals surface area contributed by atoms with Gasteiger partial charge in [-0.2, -0.15) is 0 Å². The fraction of sp³-hybridized carbons (Fsp3) is 0.312. The molecule has 0 fully saturated rings. The van der Waals surface area contributed by atoms with Gasteiger partial charge in [0, 0.05) is 4.88 Å². The van der Waals surface area contributed by atoms with Gasteiger partial charge in [0.1, 0.15) is 18.1 Å². The molecule has 0 saturated heterocycles. The lowest BCUT2D eigenvalue weighted by Crippen LogP contribution is -2.37. The van der Waals surface area contributed by atoms with E-state index in [9.17, 15) is 4.79 Å². The second-order valence-electron chi connectivity index (χ2n) is 4.66. The van der Waals surface area contributed by atoms with Crippen molar-refractivity contribution in [3.63, 3.8) is 0 Å². The first-order valence-corrected chi connectivity index (χ1v) is 7.88. The van der Waals surface area contributed by atoms with E-state index >= 15 is 0 Å². The minimum atomic E-state index is -0.189. The monoisotopic (exact) mass is 320 g/mol. The zero-order valence-corrected chi connectivity index (χ0v) is 13.5. The molecular formula is C16H20N2O3S. The Labute approximate surface area is 134 Å². The Balaban J connectivity index is 1.61. The number of aryl methyl sites for hydroxylation is 1. The highest BCUT2D eigenvalue weighted by Crippen LogP contribution is 2.16. The molecule has 0 aliphatic carbocycles. The van der Waals surface area contributed by atoms with E-state index in [0.717, 1.165) is 11.5 Å². The number of carbonyl (C=O) groups is 1. The lowest BCUT2D eigenvalue weighted by molar-refractivity contribution is 0.236. The fourth-order valence-electron chi connectivity index (χ4n) is 1.81. The van der Waals surface area contributed by atoms with Crippen molar-refractivity contribution in [1.82, 2.24) is 10.6 Å². The average Bonchev–Trinajstić information content (AvgIpc) is 2.95. The van der Waals surface area contributed by atoms with Gasteiger partial charge in [-0.25, -0.2) is 4.79 Å². The molecule has 118 valence electrons. The van der Waals surface area contributed by atoms with Crippen LogP contribution in [-0.4, -0.2) is 26.3 Å². The van der Waals surface area contributed by atoms with E-state index in [1.54, 1.807) is 18.4 Å². The number of benzene rings is 1. The highest BCUT2D eigenvalue weighted by molar-refractivity contribution is 7.10. The zero-order chi connectivity index (χ0) is 15.8. The molecule has 6 heteroatoms. The first kappa shape index (κ1) is 16.2. The molecule has 0 saturated carbocycles. The number of amides is 2. The number of rotatable bonds is 7. The van der Waals surface area contributed by atoms with Crippen LogP contribution in [-0.2, 0) is 6.54 Å². The third-order valence-corrected chi connectivity index (χ3v) is 4.12. The lowest BCUT2D eigenvalue weighted by atomic mass is 10.3. The normalized spacial score (nSPS) is 10.1. The van der Waals surface area contributed by atoms with E-state index in [-0.39, 0.29) is 6.03 Å². The highest BCUT2D eigenvalue weighted by Gasteiger charge is 2.03. The van der Waals surface area contributed by atoms with Crippen LogP contribution in [0.1, 0.15) is 10.4 Å². The maximum Gasteiger partial charge on any atom is 0.315 e. The van der Waals surface area contributed by atoms with E-state index in [0.29, 0.717) is 19.7 Å². The predicted molar refractivity (Wildman–Crippen MR) is 87.8 cm³/mol. The van der Waals surface area contributed by atoms with Gasteiger partial charge in [-0.15, -0.1) is 11.3 Å². The predicted octanol–water partition coefficient (Wildman–Crippen LogP) is 2.94. The smallest absolute Gasteiger partial charge is 0.315 e. The van der Waals surface area contributed by atoms with Gasteiger partial charge < -0.3 is 20.1 Å². The van der Waals surface area contributed by atoms with Gasteiger partial charge in [-0.3, -0.25) is 0 Å². The molecule has 0 atom stereocenters. The van der Waals surface area contributed by atoms with Crippen molar-refractivity contribution in [2.75, 3.05) is 20.3 Å². The summed E-state index contributed by atoms with van der Waals surface area (Å²) in [6.07, 6.45) is 0. The topological polar surface area (TPSA) is 59.6 Å². The van der Waals surface area contributed by atoms with E-state index in [4.69, 9.17) is 9.47 Å². The SMILES string of the molecule is COc1ccc(OCCNC(=O)NCc2sccc2C)cc1. The summed E-state index contributed by atoms with van der Waals surface area (Å²) >= 11 is 1.64. The van der Waals surface area contributed by atoms with Crippen LogP contribution >= 0.6 is 11.3 Å². The number of thiophene rings is 1.